The minimum atomic E-state index is 0.638. The normalized spacial score (nSPS) is 29.5. The fourth-order valence-electron chi connectivity index (χ4n) is 3.54. The maximum Gasteiger partial charge on any atom is -0.0118 e. The van der Waals surface area contributed by atoms with E-state index in [1.807, 2.05) is 0 Å². The van der Waals surface area contributed by atoms with Crippen LogP contribution in [0.2, 0.25) is 0 Å². The Kier molecular flexibility index (Phi) is 4.93. The maximum atomic E-state index is 2.61. The summed E-state index contributed by atoms with van der Waals surface area (Å²) in [6, 6.07) is 0. The van der Waals surface area contributed by atoms with Crippen molar-refractivity contribution >= 4 is 0 Å². The molecule has 1 saturated carbocycles. The Hall–Kier alpha value is -0.260. The quantitative estimate of drug-likeness (QED) is 0.464. The molecule has 0 aliphatic heterocycles. The largest absolute Gasteiger partial charge is 0.0880 e. The van der Waals surface area contributed by atoms with Gasteiger partial charge in [0.15, 0.2) is 0 Å². The molecule has 0 heteroatoms. The van der Waals surface area contributed by atoms with Gasteiger partial charge in [-0.05, 0) is 37.5 Å². The van der Waals surface area contributed by atoms with Crippen LogP contribution in [0.25, 0.3) is 0 Å². The van der Waals surface area contributed by atoms with E-state index in [2.05, 4.69) is 12.2 Å². The summed E-state index contributed by atoms with van der Waals surface area (Å²) >= 11 is 0. The Bertz CT molecular complexity index is 208. The third-order valence-electron chi connectivity index (χ3n) is 4.62. The van der Waals surface area contributed by atoms with Crippen molar-refractivity contribution in [1.82, 2.24) is 0 Å². The minimum absolute atomic E-state index is 0.638. The van der Waals surface area contributed by atoms with E-state index < -0.39 is 0 Å². The molecule has 0 aromatic carbocycles. The molecule has 0 heterocycles. The van der Waals surface area contributed by atoms with Crippen LogP contribution in [0, 0.1) is 5.41 Å². The SMILES string of the molecule is C1=C\C2(CCCCCCCCC/1)CCCC2. The molecule has 1 spiro atoms. The Labute approximate surface area is 102 Å². The molecular weight excluding hydrogens is 192 g/mol. The smallest absolute Gasteiger partial charge is 0.0118 e. The Morgan fingerprint density at radius 2 is 1.06 bits per heavy atom. The van der Waals surface area contributed by atoms with Crippen LogP contribution < -0.4 is 0 Å². The van der Waals surface area contributed by atoms with Crippen molar-refractivity contribution in [3.05, 3.63) is 12.2 Å². The van der Waals surface area contributed by atoms with Gasteiger partial charge in [-0.25, -0.2) is 0 Å². The highest BCUT2D eigenvalue weighted by molar-refractivity contribution is 5.02. The van der Waals surface area contributed by atoms with Crippen molar-refractivity contribution < 1.29 is 0 Å². The molecule has 0 nitrogen and oxygen atoms in total. The third kappa shape index (κ3) is 3.64. The summed E-state index contributed by atoms with van der Waals surface area (Å²) in [5.41, 5.74) is 0.638. The number of allylic oxidation sites excluding steroid dienone is 2. The van der Waals surface area contributed by atoms with Gasteiger partial charge in [-0.2, -0.15) is 0 Å². The molecule has 0 saturated heterocycles. The predicted molar refractivity (Wildman–Crippen MR) is 71.6 cm³/mol. The minimum Gasteiger partial charge on any atom is -0.0880 e. The van der Waals surface area contributed by atoms with Gasteiger partial charge in [-0.15, -0.1) is 0 Å². The average Bonchev–Trinajstić information content (AvgIpc) is 2.73. The number of hydrogen-bond donors (Lipinski definition) is 0. The van der Waals surface area contributed by atoms with Crippen molar-refractivity contribution in [2.24, 2.45) is 5.41 Å². The van der Waals surface area contributed by atoms with Gasteiger partial charge in [0.25, 0.3) is 0 Å². The molecule has 0 radical (unpaired) electrons. The lowest BCUT2D eigenvalue weighted by Gasteiger charge is -2.25. The lowest BCUT2D eigenvalue weighted by atomic mass is 9.80. The van der Waals surface area contributed by atoms with Gasteiger partial charge in [0.05, 0.1) is 0 Å². The first kappa shape index (κ1) is 12.2. The molecule has 2 aliphatic carbocycles. The molecule has 0 unspecified atom stereocenters. The molecule has 0 aromatic heterocycles. The fraction of sp³-hybridized carbons (Fsp3) is 0.875. The topological polar surface area (TPSA) is 0 Å². The standard InChI is InChI=1S/C16H28/c1-2-4-6-8-12-16(14-10-11-15-16)13-9-7-5-3-1/h8,12H,1-7,9-11,13-15H2/b12-8-. The highest BCUT2D eigenvalue weighted by atomic mass is 14.3. The predicted octanol–water partition coefficient (Wildman–Crippen LogP) is 5.63. The molecule has 0 amide bonds. The summed E-state index contributed by atoms with van der Waals surface area (Å²) in [7, 11) is 0. The maximum absolute atomic E-state index is 2.61. The van der Waals surface area contributed by atoms with Gasteiger partial charge < -0.3 is 0 Å². The van der Waals surface area contributed by atoms with Gasteiger partial charge in [-0.3, -0.25) is 0 Å². The first-order valence-corrected chi connectivity index (χ1v) is 7.59. The Morgan fingerprint density at radius 1 is 0.562 bits per heavy atom. The van der Waals surface area contributed by atoms with Crippen LogP contribution in [-0.4, -0.2) is 0 Å². The Balaban J connectivity index is 1.90. The van der Waals surface area contributed by atoms with Crippen molar-refractivity contribution in [3.63, 3.8) is 0 Å². The Morgan fingerprint density at radius 3 is 1.75 bits per heavy atom. The van der Waals surface area contributed by atoms with Crippen molar-refractivity contribution in [2.45, 2.75) is 83.5 Å². The zero-order valence-corrected chi connectivity index (χ0v) is 10.8. The molecule has 16 heavy (non-hydrogen) atoms. The van der Waals surface area contributed by atoms with Gasteiger partial charge in [-0.1, -0.05) is 63.5 Å². The van der Waals surface area contributed by atoms with Crippen molar-refractivity contribution in [1.29, 1.82) is 0 Å². The third-order valence-corrected chi connectivity index (χ3v) is 4.62. The molecule has 0 atom stereocenters. The molecule has 1 fully saturated rings. The van der Waals surface area contributed by atoms with E-state index in [1.54, 1.807) is 0 Å². The summed E-state index contributed by atoms with van der Waals surface area (Å²) in [4.78, 5) is 0. The van der Waals surface area contributed by atoms with E-state index in [4.69, 9.17) is 0 Å². The van der Waals surface area contributed by atoms with Gasteiger partial charge in [0.1, 0.15) is 0 Å². The van der Waals surface area contributed by atoms with Crippen molar-refractivity contribution in [3.8, 4) is 0 Å². The monoisotopic (exact) mass is 220 g/mol. The second-order valence-corrected chi connectivity index (χ2v) is 5.99. The first-order chi connectivity index (χ1) is 7.91. The summed E-state index contributed by atoms with van der Waals surface area (Å²) in [6.45, 7) is 0. The second kappa shape index (κ2) is 6.47. The summed E-state index contributed by atoms with van der Waals surface area (Å²) in [6.07, 6.45) is 24.1. The number of hydrogen-bond acceptors (Lipinski definition) is 0. The molecule has 2 rings (SSSR count). The van der Waals surface area contributed by atoms with Crippen LogP contribution in [0.3, 0.4) is 0 Å². The summed E-state index contributed by atoms with van der Waals surface area (Å²) < 4.78 is 0. The van der Waals surface area contributed by atoms with Gasteiger partial charge in [0.2, 0.25) is 0 Å². The summed E-state index contributed by atoms with van der Waals surface area (Å²) in [5, 5.41) is 0. The number of rotatable bonds is 0. The van der Waals surface area contributed by atoms with E-state index in [0.717, 1.165) is 0 Å². The molecule has 0 N–H and O–H groups in total. The van der Waals surface area contributed by atoms with E-state index in [1.165, 1.54) is 83.5 Å². The summed E-state index contributed by atoms with van der Waals surface area (Å²) in [5.74, 6) is 0. The van der Waals surface area contributed by atoms with Crippen LogP contribution in [0.15, 0.2) is 12.2 Å². The average molecular weight is 220 g/mol. The van der Waals surface area contributed by atoms with Gasteiger partial charge in [0, 0.05) is 0 Å². The zero-order chi connectivity index (χ0) is 11.1. The molecule has 2 aliphatic rings. The van der Waals surface area contributed by atoms with E-state index >= 15 is 0 Å². The van der Waals surface area contributed by atoms with E-state index in [0.29, 0.717) is 5.41 Å². The zero-order valence-electron chi connectivity index (χ0n) is 10.8. The lowest BCUT2D eigenvalue weighted by Crippen LogP contribution is -2.12. The van der Waals surface area contributed by atoms with Crippen molar-refractivity contribution in [2.75, 3.05) is 0 Å². The van der Waals surface area contributed by atoms with Crippen LogP contribution in [0.1, 0.15) is 83.5 Å². The first-order valence-electron chi connectivity index (χ1n) is 7.59. The van der Waals surface area contributed by atoms with E-state index in [9.17, 15) is 0 Å². The fourth-order valence-corrected chi connectivity index (χ4v) is 3.54. The van der Waals surface area contributed by atoms with E-state index in [-0.39, 0.29) is 0 Å². The van der Waals surface area contributed by atoms with Crippen LogP contribution in [0.4, 0.5) is 0 Å². The molecule has 92 valence electrons. The highest BCUT2D eigenvalue weighted by Gasteiger charge is 2.30. The molecule has 0 bridgehead atoms. The van der Waals surface area contributed by atoms with Gasteiger partial charge >= 0.3 is 0 Å². The highest BCUT2D eigenvalue weighted by Crippen LogP contribution is 2.44. The van der Waals surface area contributed by atoms with Crippen LogP contribution in [0.5, 0.6) is 0 Å². The molecular formula is C16H28. The molecule has 0 aromatic rings. The van der Waals surface area contributed by atoms with Crippen LogP contribution >= 0.6 is 0 Å². The van der Waals surface area contributed by atoms with Crippen LogP contribution in [-0.2, 0) is 0 Å². The second-order valence-electron chi connectivity index (χ2n) is 5.99. The lowest BCUT2D eigenvalue weighted by molar-refractivity contribution is 0.342.